The highest BCUT2D eigenvalue weighted by atomic mass is 15.1. The first kappa shape index (κ1) is 13.6. The highest BCUT2D eigenvalue weighted by Gasteiger charge is 2.13. The number of nitrogens with zero attached hydrogens (tertiary/aromatic N) is 3. The van der Waals surface area contributed by atoms with Crippen LogP contribution in [0.2, 0.25) is 0 Å². The Bertz CT molecular complexity index is 741. The van der Waals surface area contributed by atoms with E-state index in [0.29, 0.717) is 6.04 Å². The van der Waals surface area contributed by atoms with Crippen molar-refractivity contribution in [1.82, 2.24) is 14.5 Å². The molecule has 0 aliphatic rings. The highest BCUT2D eigenvalue weighted by molar-refractivity contribution is 5.71. The van der Waals surface area contributed by atoms with Crippen LogP contribution in [0.5, 0.6) is 0 Å². The molecular formula is C17H20N4. The molecule has 0 saturated heterocycles. The van der Waals surface area contributed by atoms with Crippen LogP contribution in [0.15, 0.2) is 42.6 Å². The van der Waals surface area contributed by atoms with Gasteiger partial charge in [0.25, 0.3) is 0 Å². The molecule has 3 aromatic rings. The van der Waals surface area contributed by atoms with E-state index < -0.39 is 0 Å². The molecule has 21 heavy (non-hydrogen) atoms. The molecule has 0 aliphatic carbocycles. The average molecular weight is 280 g/mol. The predicted molar refractivity (Wildman–Crippen MR) is 86.2 cm³/mol. The van der Waals surface area contributed by atoms with Gasteiger partial charge in [-0.1, -0.05) is 12.1 Å². The van der Waals surface area contributed by atoms with Crippen molar-refractivity contribution in [3.8, 4) is 0 Å². The summed E-state index contributed by atoms with van der Waals surface area (Å²) in [6, 6.07) is 12.4. The topological polar surface area (TPSA) is 56.7 Å². The second-order valence-electron chi connectivity index (χ2n) is 5.58. The van der Waals surface area contributed by atoms with Crippen LogP contribution < -0.4 is 5.73 Å². The largest absolute Gasteiger partial charge is 0.399 e. The van der Waals surface area contributed by atoms with E-state index >= 15 is 0 Å². The molecule has 0 fully saturated rings. The molecule has 4 heteroatoms. The van der Waals surface area contributed by atoms with Gasteiger partial charge >= 0.3 is 0 Å². The molecular weight excluding hydrogens is 260 g/mol. The summed E-state index contributed by atoms with van der Waals surface area (Å²) in [5, 5.41) is 0. The fourth-order valence-corrected chi connectivity index (χ4v) is 2.64. The summed E-state index contributed by atoms with van der Waals surface area (Å²) < 4.78 is 2.23. The van der Waals surface area contributed by atoms with Crippen molar-refractivity contribution >= 4 is 16.9 Å². The maximum atomic E-state index is 5.72. The second-order valence-corrected chi connectivity index (χ2v) is 5.58. The maximum Gasteiger partial charge on any atom is 0.160 e. The molecule has 0 radical (unpaired) electrons. The number of nitrogens with two attached hydrogens (primary N) is 1. The molecule has 3 rings (SSSR count). The molecule has 0 amide bonds. The van der Waals surface area contributed by atoms with Gasteiger partial charge in [-0.2, -0.15) is 0 Å². The molecule has 2 aromatic heterocycles. The Kier molecular flexibility index (Phi) is 3.60. The first-order valence-electron chi connectivity index (χ1n) is 7.31. The Morgan fingerprint density at radius 1 is 1.10 bits per heavy atom. The zero-order chi connectivity index (χ0) is 14.8. The highest BCUT2D eigenvalue weighted by Crippen LogP contribution is 2.20. The van der Waals surface area contributed by atoms with Crippen LogP contribution in [0, 0.1) is 0 Å². The van der Waals surface area contributed by atoms with E-state index in [1.54, 1.807) is 0 Å². The number of imidazole rings is 1. The van der Waals surface area contributed by atoms with Gasteiger partial charge in [0.05, 0.1) is 0 Å². The smallest absolute Gasteiger partial charge is 0.160 e. The van der Waals surface area contributed by atoms with E-state index in [4.69, 9.17) is 10.7 Å². The van der Waals surface area contributed by atoms with Crippen molar-refractivity contribution in [2.24, 2.45) is 0 Å². The summed E-state index contributed by atoms with van der Waals surface area (Å²) in [4.78, 5) is 9.22. The number of aromatic nitrogens is 3. The van der Waals surface area contributed by atoms with Crippen LogP contribution >= 0.6 is 0 Å². The Balaban J connectivity index is 1.89. The summed E-state index contributed by atoms with van der Waals surface area (Å²) >= 11 is 0. The Hall–Kier alpha value is -2.36. The van der Waals surface area contributed by atoms with Gasteiger partial charge in [0.15, 0.2) is 5.65 Å². The third-order valence-corrected chi connectivity index (χ3v) is 3.66. The minimum Gasteiger partial charge on any atom is -0.399 e. The lowest BCUT2D eigenvalue weighted by Crippen LogP contribution is -2.08. The van der Waals surface area contributed by atoms with E-state index in [2.05, 4.69) is 35.5 Å². The monoisotopic (exact) mass is 280 g/mol. The van der Waals surface area contributed by atoms with Crippen LogP contribution in [0.1, 0.15) is 31.3 Å². The molecule has 2 N–H and O–H groups in total. The molecule has 2 heterocycles. The Morgan fingerprint density at radius 3 is 2.57 bits per heavy atom. The van der Waals surface area contributed by atoms with Crippen LogP contribution in [-0.4, -0.2) is 14.5 Å². The van der Waals surface area contributed by atoms with Crippen molar-refractivity contribution in [3.05, 3.63) is 54.0 Å². The summed E-state index contributed by atoms with van der Waals surface area (Å²) in [6.45, 7) is 4.34. The molecule has 0 aliphatic heterocycles. The fraction of sp³-hybridized carbons (Fsp3) is 0.294. The molecule has 0 atom stereocenters. The molecule has 0 spiro atoms. The third-order valence-electron chi connectivity index (χ3n) is 3.66. The number of rotatable bonds is 4. The number of fused-ring (bicyclic) bond motifs is 1. The number of aryl methyl sites for hydroxylation is 2. The lowest BCUT2D eigenvalue weighted by Gasteiger charge is -2.12. The zero-order valence-electron chi connectivity index (χ0n) is 12.5. The molecule has 4 nitrogen and oxygen atoms in total. The number of nitrogen functional groups attached to an aromatic ring is 1. The van der Waals surface area contributed by atoms with Crippen LogP contribution in [-0.2, 0) is 12.8 Å². The summed E-state index contributed by atoms with van der Waals surface area (Å²) in [5.74, 6) is 1.09. The van der Waals surface area contributed by atoms with E-state index in [1.165, 1.54) is 5.56 Å². The van der Waals surface area contributed by atoms with Gasteiger partial charge in [-0.05, 0) is 50.1 Å². The summed E-state index contributed by atoms with van der Waals surface area (Å²) in [7, 11) is 0. The summed E-state index contributed by atoms with van der Waals surface area (Å²) in [6.07, 6.45) is 3.68. The summed E-state index contributed by atoms with van der Waals surface area (Å²) in [5.41, 5.74) is 9.75. The number of hydrogen-bond acceptors (Lipinski definition) is 3. The first-order valence-corrected chi connectivity index (χ1v) is 7.31. The average Bonchev–Trinajstić information content (AvgIpc) is 2.85. The minimum absolute atomic E-state index is 0.353. The van der Waals surface area contributed by atoms with Crippen molar-refractivity contribution in [1.29, 1.82) is 0 Å². The predicted octanol–water partition coefficient (Wildman–Crippen LogP) is 3.38. The van der Waals surface area contributed by atoms with Crippen molar-refractivity contribution in [2.45, 2.75) is 32.7 Å². The Morgan fingerprint density at radius 2 is 1.86 bits per heavy atom. The standard InChI is InChI=1S/C17H20N4/c1-12(2)21-16(20-15-4-3-11-19-17(15)21)10-7-13-5-8-14(18)9-6-13/h3-6,8-9,11-12H,7,10,18H2,1-2H3. The van der Waals surface area contributed by atoms with Crippen molar-refractivity contribution < 1.29 is 0 Å². The Labute approximate surface area is 124 Å². The van der Waals surface area contributed by atoms with Gasteiger partial charge in [-0.15, -0.1) is 0 Å². The number of hydrogen-bond donors (Lipinski definition) is 1. The molecule has 1 aromatic carbocycles. The lowest BCUT2D eigenvalue weighted by molar-refractivity contribution is 0.578. The van der Waals surface area contributed by atoms with Gasteiger partial charge in [-0.25, -0.2) is 9.97 Å². The normalized spacial score (nSPS) is 11.4. The van der Waals surface area contributed by atoms with E-state index in [9.17, 15) is 0 Å². The van der Waals surface area contributed by atoms with E-state index in [0.717, 1.165) is 35.5 Å². The van der Waals surface area contributed by atoms with Crippen molar-refractivity contribution in [2.75, 3.05) is 5.73 Å². The zero-order valence-corrected chi connectivity index (χ0v) is 12.5. The van der Waals surface area contributed by atoms with Crippen LogP contribution in [0.3, 0.4) is 0 Å². The van der Waals surface area contributed by atoms with Gasteiger partial charge in [0.2, 0.25) is 0 Å². The lowest BCUT2D eigenvalue weighted by atomic mass is 10.1. The molecule has 0 unspecified atom stereocenters. The van der Waals surface area contributed by atoms with Crippen molar-refractivity contribution in [3.63, 3.8) is 0 Å². The minimum atomic E-state index is 0.353. The number of pyridine rings is 1. The maximum absolute atomic E-state index is 5.72. The molecule has 108 valence electrons. The number of benzene rings is 1. The SMILES string of the molecule is CC(C)n1c(CCc2ccc(N)cc2)nc2cccnc21. The van der Waals surface area contributed by atoms with E-state index in [-0.39, 0.29) is 0 Å². The fourth-order valence-electron chi connectivity index (χ4n) is 2.64. The number of anilines is 1. The molecule has 0 saturated carbocycles. The van der Waals surface area contributed by atoms with Gasteiger partial charge < -0.3 is 10.3 Å². The first-order chi connectivity index (χ1) is 10.1. The quantitative estimate of drug-likeness (QED) is 0.745. The van der Waals surface area contributed by atoms with Crippen LogP contribution in [0.4, 0.5) is 5.69 Å². The van der Waals surface area contributed by atoms with Crippen LogP contribution in [0.25, 0.3) is 11.2 Å². The van der Waals surface area contributed by atoms with E-state index in [1.807, 2.05) is 30.5 Å². The van der Waals surface area contributed by atoms with Gasteiger partial charge in [0, 0.05) is 24.3 Å². The second kappa shape index (κ2) is 5.56. The van der Waals surface area contributed by atoms with Gasteiger partial charge in [0.1, 0.15) is 11.3 Å². The third kappa shape index (κ3) is 2.75. The van der Waals surface area contributed by atoms with Gasteiger partial charge in [-0.3, -0.25) is 0 Å². The molecule has 0 bridgehead atoms.